The molecule has 2 aromatic rings. The van der Waals surface area contributed by atoms with Gasteiger partial charge in [0.15, 0.2) is 5.82 Å². The van der Waals surface area contributed by atoms with Crippen LogP contribution in [0.5, 0.6) is 0 Å². The molecule has 0 saturated carbocycles. The van der Waals surface area contributed by atoms with Gasteiger partial charge in [-0.05, 0) is 17.5 Å². The molecule has 0 saturated heterocycles. The molecule has 4 heteroatoms. The van der Waals surface area contributed by atoms with Gasteiger partial charge < -0.3 is 5.73 Å². The molecular weight excluding hydrogens is 182 g/mol. The third-order valence-corrected chi connectivity index (χ3v) is 2.68. The smallest absolute Gasteiger partial charge is 0.160 e. The van der Waals surface area contributed by atoms with E-state index in [-0.39, 0.29) is 0 Å². The Bertz CT molecular complexity index is 383. The molecule has 0 spiro atoms. The molecule has 0 fully saturated rings. The quantitative estimate of drug-likeness (QED) is 0.785. The highest BCUT2D eigenvalue weighted by Crippen LogP contribution is 2.24. The molecule has 13 heavy (non-hydrogen) atoms. The Labute approximate surface area is 80.3 Å². The van der Waals surface area contributed by atoms with Gasteiger partial charge in [-0.3, -0.25) is 0 Å². The van der Waals surface area contributed by atoms with Crippen molar-refractivity contribution in [3.63, 3.8) is 0 Å². The summed E-state index contributed by atoms with van der Waals surface area (Å²) in [4.78, 5) is 9.47. The van der Waals surface area contributed by atoms with Gasteiger partial charge in [-0.1, -0.05) is 0 Å². The lowest BCUT2D eigenvalue weighted by Crippen LogP contribution is -1.96. The minimum absolute atomic E-state index is 0.547. The SMILES string of the molecule is NCc1sccc1-c1ncccn1. The molecule has 0 atom stereocenters. The van der Waals surface area contributed by atoms with Gasteiger partial charge in [0.25, 0.3) is 0 Å². The number of nitrogens with zero attached hydrogens (tertiary/aromatic N) is 2. The summed E-state index contributed by atoms with van der Waals surface area (Å²) < 4.78 is 0. The van der Waals surface area contributed by atoms with Crippen LogP contribution in [0.3, 0.4) is 0 Å². The molecule has 0 aromatic carbocycles. The summed E-state index contributed by atoms with van der Waals surface area (Å²) in [6, 6.07) is 3.81. The first-order valence-electron chi connectivity index (χ1n) is 3.95. The van der Waals surface area contributed by atoms with E-state index in [1.165, 1.54) is 0 Å². The highest BCUT2D eigenvalue weighted by atomic mass is 32.1. The van der Waals surface area contributed by atoms with E-state index in [1.54, 1.807) is 29.8 Å². The van der Waals surface area contributed by atoms with Crippen molar-refractivity contribution in [3.8, 4) is 11.4 Å². The average molecular weight is 191 g/mol. The van der Waals surface area contributed by atoms with Crippen molar-refractivity contribution in [1.82, 2.24) is 9.97 Å². The second kappa shape index (κ2) is 3.64. The molecule has 66 valence electrons. The maximum absolute atomic E-state index is 5.59. The van der Waals surface area contributed by atoms with Crippen LogP contribution in [-0.4, -0.2) is 9.97 Å². The molecule has 0 unspecified atom stereocenters. The Kier molecular flexibility index (Phi) is 2.33. The second-order valence-corrected chi connectivity index (χ2v) is 3.53. The highest BCUT2D eigenvalue weighted by Gasteiger charge is 2.06. The van der Waals surface area contributed by atoms with Crippen LogP contribution >= 0.6 is 11.3 Å². The van der Waals surface area contributed by atoms with Crippen molar-refractivity contribution in [3.05, 3.63) is 34.8 Å². The zero-order valence-electron chi connectivity index (χ0n) is 6.97. The number of rotatable bonds is 2. The van der Waals surface area contributed by atoms with E-state index in [0.29, 0.717) is 6.54 Å². The summed E-state index contributed by atoms with van der Waals surface area (Å²) in [5, 5.41) is 2.01. The predicted octanol–water partition coefficient (Wildman–Crippen LogP) is 1.66. The first-order valence-corrected chi connectivity index (χ1v) is 4.83. The van der Waals surface area contributed by atoms with Crippen LogP contribution in [0.1, 0.15) is 4.88 Å². The van der Waals surface area contributed by atoms with Gasteiger partial charge in [-0.15, -0.1) is 11.3 Å². The van der Waals surface area contributed by atoms with Crippen molar-refractivity contribution < 1.29 is 0 Å². The van der Waals surface area contributed by atoms with E-state index >= 15 is 0 Å². The first-order chi connectivity index (χ1) is 6.42. The number of thiophene rings is 1. The predicted molar refractivity (Wildman–Crippen MR) is 53.2 cm³/mol. The molecule has 2 heterocycles. The number of hydrogen-bond acceptors (Lipinski definition) is 4. The summed E-state index contributed by atoms with van der Waals surface area (Å²) in [6.07, 6.45) is 3.47. The monoisotopic (exact) mass is 191 g/mol. The van der Waals surface area contributed by atoms with E-state index in [0.717, 1.165) is 16.3 Å². The van der Waals surface area contributed by atoms with E-state index in [1.807, 2.05) is 11.4 Å². The lowest BCUT2D eigenvalue weighted by atomic mass is 10.2. The van der Waals surface area contributed by atoms with Crippen LogP contribution in [0.25, 0.3) is 11.4 Å². The van der Waals surface area contributed by atoms with Crippen molar-refractivity contribution >= 4 is 11.3 Å². The molecule has 0 radical (unpaired) electrons. The average Bonchev–Trinajstić information content (AvgIpc) is 2.67. The first kappa shape index (κ1) is 8.34. The van der Waals surface area contributed by atoms with Gasteiger partial charge in [0.1, 0.15) is 0 Å². The fourth-order valence-electron chi connectivity index (χ4n) is 1.14. The number of nitrogens with two attached hydrogens (primary N) is 1. The Morgan fingerprint density at radius 1 is 1.31 bits per heavy atom. The van der Waals surface area contributed by atoms with Crippen LogP contribution in [0, 0.1) is 0 Å². The second-order valence-electron chi connectivity index (χ2n) is 2.53. The molecular formula is C9H9N3S. The summed E-state index contributed by atoms with van der Waals surface area (Å²) in [6.45, 7) is 0.547. The van der Waals surface area contributed by atoms with Gasteiger partial charge in [-0.2, -0.15) is 0 Å². The minimum atomic E-state index is 0.547. The molecule has 0 bridgehead atoms. The van der Waals surface area contributed by atoms with Crippen molar-refractivity contribution in [2.24, 2.45) is 5.73 Å². The van der Waals surface area contributed by atoms with Crippen LogP contribution in [0.15, 0.2) is 29.9 Å². The molecule has 3 nitrogen and oxygen atoms in total. The summed E-state index contributed by atoms with van der Waals surface area (Å²) in [5.41, 5.74) is 6.64. The third-order valence-electron chi connectivity index (χ3n) is 1.74. The normalized spacial score (nSPS) is 10.2. The molecule has 0 amide bonds. The van der Waals surface area contributed by atoms with Crippen LogP contribution < -0.4 is 5.73 Å². The van der Waals surface area contributed by atoms with Crippen LogP contribution in [-0.2, 0) is 6.54 Å². The van der Waals surface area contributed by atoms with Gasteiger partial charge in [-0.25, -0.2) is 9.97 Å². The van der Waals surface area contributed by atoms with Gasteiger partial charge in [0, 0.05) is 29.4 Å². The Hall–Kier alpha value is -1.26. The van der Waals surface area contributed by atoms with E-state index in [4.69, 9.17) is 5.73 Å². The van der Waals surface area contributed by atoms with Gasteiger partial charge in [0.2, 0.25) is 0 Å². The molecule has 2 aromatic heterocycles. The molecule has 2 N–H and O–H groups in total. The highest BCUT2D eigenvalue weighted by molar-refractivity contribution is 7.10. The van der Waals surface area contributed by atoms with Gasteiger partial charge in [0.05, 0.1) is 0 Å². The lowest BCUT2D eigenvalue weighted by Gasteiger charge is -1.97. The fourth-order valence-corrected chi connectivity index (χ4v) is 1.89. The number of hydrogen-bond donors (Lipinski definition) is 1. The maximum atomic E-state index is 5.59. The molecule has 0 aliphatic carbocycles. The molecule has 0 aliphatic rings. The lowest BCUT2D eigenvalue weighted by molar-refractivity contribution is 1.09. The topological polar surface area (TPSA) is 51.8 Å². The summed E-state index contributed by atoms with van der Waals surface area (Å²) in [7, 11) is 0. The standard InChI is InChI=1S/C9H9N3S/c10-6-8-7(2-5-13-8)9-11-3-1-4-12-9/h1-5H,6,10H2. The van der Waals surface area contributed by atoms with Gasteiger partial charge >= 0.3 is 0 Å². The largest absolute Gasteiger partial charge is 0.326 e. The molecule has 2 rings (SSSR count). The minimum Gasteiger partial charge on any atom is -0.326 e. The number of aromatic nitrogens is 2. The Morgan fingerprint density at radius 3 is 2.77 bits per heavy atom. The zero-order chi connectivity index (χ0) is 9.10. The molecule has 0 aliphatic heterocycles. The van der Waals surface area contributed by atoms with E-state index in [9.17, 15) is 0 Å². The zero-order valence-corrected chi connectivity index (χ0v) is 7.79. The fraction of sp³-hybridized carbons (Fsp3) is 0.111. The maximum Gasteiger partial charge on any atom is 0.160 e. The van der Waals surface area contributed by atoms with Crippen molar-refractivity contribution in [2.75, 3.05) is 0 Å². The van der Waals surface area contributed by atoms with Crippen molar-refractivity contribution in [1.29, 1.82) is 0 Å². The Balaban J connectivity index is 2.47. The van der Waals surface area contributed by atoms with E-state index in [2.05, 4.69) is 9.97 Å². The van der Waals surface area contributed by atoms with Crippen LogP contribution in [0.2, 0.25) is 0 Å². The van der Waals surface area contributed by atoms with Crippen molar-refractivity contribution in [2.45, 2.75) is 6.54 Å². The summed E-state index contributed by atoms with van der Waals surface area (Å²) >= 11 is 1.64. The summed E-state index contributed by atoms with van der Waals surface area (Å²) in [5.74, 6) is 0.754. The van der Waals surface area contributed by atoms with Crippen LogP contribution in [0.4, 0.5) is 0 Å². The van der Waals surface area contributed by atoms with E-state index < -0.39 is 0 Å². The Morgan fingerprint density at radius 2 is 2.08 bits per heavy atom. The third kappa shape index (κ3) is 1.59.